The number of carbonyl (C=O) groups excluding carboxylic acids is 2. The number of nitrogens with zero attached hydrogens (tertiary/aromatic N) is 6. The van der Waals surface area contributed by atoms with Crippen LogP contribution >= 0.6 is 11.6 Å². The van der Waals surface area contributed by atoms with Crippen LogP contribution in [0.5, 0.6) is 0 Å². The van der Waals surface area contributed by atoms with Crippen molar-refractivity contribution in [2.45, 2.75) is 81.2 Å². The average molecular weight is 1080 g/mol. The number of hydrogen-bond acceptors (Lipinski definition) is 11. The first kappa shape index (κ1) is 53.3. The molecule has 29 heteroatoms. The molecule has 0 saturated heterocycles. The number of carbonyl (C=O) groups is 3. The predicted molar refractivity (Wildman–Crippen MR) is 234 cm³/mol. The zero-order chi connectivity index (χ0) is 53.4. The number of carboxylic acids is 1. The molecule has 3 atom stereocenters. The van der Waals surface area contributed by atoms with Crippen LogP contribution in [0.1, 0.15) is 72.6 Å². The molecule has 2 N–H and O–H groups in total. The van der Waals surface area contributed by atoms with Crippen molar-refractivity contribution in [2.24, 2.45) is 5.92 Å². The molecule has 2 aliphatic carbocycles. The van der Waals surface area contributed by atoms with E-state index in [1.165, 1.54) is 13.8 Å². The summed E-state index contributed by atoms with van der Waals surface area (Å²) in [6, 6.07) is 4.46. The Bertz CT molecular complexity index is 3350. The highest BCUT2D eigenvalue weighted by Crippen LogP contribution is 2.68. The number of ether oxygens (including phenoxy) is 1. The smallest absolute Gasteiger partial charge is 0.435 e. The number of amides is 2. The van der Waals surface area contributed by atoms with Gasteiger partial charge in [-0.25, -0.2) is 35.4 Å². The molecule has 0 radical (unpaired) electrons. The molecular formula is C43H36ClF10N7O9S2. The number of fused-ring (bicyclic) bond motifs is 4. The summed E-state index contributed by atoms with van der Waals surface area (Å²) in [5, 5.41) is 17.3. The third-order valence-corrected chi connectivity index (χ3v) is 14.8. The maximum atomic E-state index is 15.6. The van der Waals surface area contributed by atoms with Crippen molar-refractivity contribution < 1.29 is 85.0 Å². The summed E-state index contributed by atoms with van der Waals surface area (Å²) in [5.41, 5.74) is -6.25. The van der Waals surface area contributed by atoms with Crippen LogP contribution in [0.4, 0.5) is 54.5 Å². The number of anilines is 1. The maximum Gasteiger partial charge on any atom is 0.435 e. The van der Waals surface area contributed by atoms with Crippen molar-refractivity contribution >= 4 is 66.2 Å². The minimum absolute atomic E-state index is 0.169. The van der Waals surface area contributed by atoms with E-state index in [9.17, 15) is 66.3 Å². The molecule has 0 aliphatic heterocycles. The molecule has 1 unspecified atom stereocenters. The molecular weight excluding hydrogens is 1050 g/mol. The van der Waals surface area contributed by atoms with Gasteiger partial charge in [-0.3, -0.25) is 19.0 Å². The number of sulfone groups is 1. The van der Waals surface area contributed by atoms with Crippen LogP contribution in [0.3, 0.4) is 0 Å². The van der Waals surface area contributed by atoms with Gasteiger partial charge in [0.05, 0.1) is 40.3 Å². The van der Waals surface area contributed by atoms with Crippen molar-refractivity contribution in [1.82, 2.24) is 29.9 Å². The summed E-state index contributed by atoms with van der Waals surface area (Å²) in [6.07, 6.45) is -12.8. The standard InChI is InChI=1S/C43H36ClF10N7O9S2/c1-40(2,71(3,66)67)11-9-23-5-6-24(25-7-8-28(44)33-35(25)60(19-41(47,48)49)58-38(33)61(72(4,68)69)39(65)70-12-10-31(63)64)34(55-23)29(15-20-13-21(45)16-22(46)14-20)56-30(62)18-59-37-32(36(57-59)43(52,53)54)26-17-27(26)42(37,50)51/h5-8,13-14,16,26-27,29H,10,12,15,17-19H2,1-4H3,(H,56,62)(H,63,64)/t26-,27+,29?/m0/s1. The minimum Gasteiger partial charge on any atom is -0.481 e. The monoisotopic (exact) mass is 1080 g/mol. The second-order valence-electron chi connectivity index (χ2n) is 17.3. The molecule has 2 aromatic carbocycles. The predicted octanol–water partition coefficient (Wildman–Crippen LogP) is 7.67. The quantitative estimate of drug-likeness (QED) is 0.0810. The summed E-state index contributed by atoms with van der Waals surface area (Å²) in [7, 11) is -8.87. The van der Waals surface area contributed by atoms with E-state index >= 15 is 8.78 Å². The van der Waals surface area contributed by atoms with Crippen molar-refractivity contribution in [1.29, 1.82) is 0 Å². The number of aromatic nitrogens is 5. The van der Waals surface area contributed by atoms with E-state index in [0.29, 0.717) is 12.3 Å². The number of rotatable bonds is 14. The second-order valence-corrected chi connectivity index (χ2v) is 22.1. The van der Waals surface area contributed by atoms with Crippen molar-refractivity contribution in [2.75, 3.05) is 23.4 Å². The van der Waals surface area contributed by atoms with Gasteiger partial charge in [0, 0.05) is 34.9 Å². The Kier molecular flexibility index (Phi) is 13.7. The first-order valence-corrected chi connectivity index (χ1v) is 24.9. The third kappa shape index (κ3) is 10.8. The Hall–Kier alpha value is -6.47. The molecule has 72 heavy (non-hydrogen) atoms. The Balaban J connectivity index is 1.48. The van der Waals surface area contributed by atoms with Crippen molar-refractivity contribution in [3.63, 3.8) is 0 Å². The molecule has 1 saturated carbocycles. The highest BCUT2D eigenvalue weighted by molar-refractivity contribution is 7.93. The SMILES string of the molecule is CC(C)(C#Cc1ccc(-c2ccc(Cl)c3c(N(C(=O)OCCC(=O)O)S(C)(=O)=O)nn(CC(F)(F)F)c23)c(C(Cc2cc(F)cc(F)c2)NC(=O)Cn2nc(C(F)(F)F)c3c2C(F)(F)[C@@H]2C[C@H]32)n1)S(C)(=O)=O. The van der Waals surface area contributed by atoms with Crippen LogP contribution < -0.4 is 9.62 Å². The molecule has 16 nitrogen and oxygen atoms in total. The fourth-order valence-corrected chi connectivity index (χ4v) is 9.30. The van der Waals surface area contributed by atoms with Gasteiger partial charge in [0.15, 0.2) is 21.3 Å². The summed E-state index contributed by atoms with van der Waals surface area (Å²) < 4.78 is 201. The van der Waals surface area contributed by atoms with Gasteiger partial charge in [-0.15, -0.1) is 0 Å². The van der Waals surface area contributed by atoms with E-state index in [2.05, 4.69) is 32.3 Å². The number of hydrogen-bond donors (Lipinski definition) is 2. The topological polar surface area (TPSA) is 213 Å². The van der Waals surface area contributed by atoms with Gasteiger partial charge in [0.2, 0.25) is 15.9 Å². The molecule has 1 fully saturated rings. The van der Waals surface area contributed by atoms with E-state index in [1.807, 2.05) is 0 Å². The molecule has 5 aromatic rings. The normalized spacial score (nSPS) is 16.9. The van der Waals surface area contributed by atoms with Gasteiger partial charge in [-0.2, -0.15) is 49.6 Å². The number of pyridine rings is 1. The number of carboxylic acid groups (broad SMARTS) is 1. The van der Waals surface area contributed by atoms with Crippen LogP contribution in [-0.2, 0) is 65.8 Å². The van der Waals surface area contributed by atoms with Gasteiger partial charge in [0.1, 0.15) is 47.5 Å². The number of halogens is 11. The molecule has 3 aromatic heterocycles. The fourth-order valence-electron chi connectivity index (χ4n) is 8.06. The highest BCUT2D eigenvalue weighted by atomic mass is 35.5. The maximum absolute atomic E-state index is 15.6. The number of alkyl halides is 8. The first-order chi connectivity index (χ1) is 33.1. The Labute approximate surface area is 406 Å². The summed E-state index contributed by atoms with van der Waals surface area (Å²) in [6.45, 7) is -1.86. The highest BCUT2D eigenvalue weighted by Gasteiger charge is 2.68. The fraction of sp³-hybridized carbons (Fsp3) is 0.395. The van der Waals surface area contributed by atoms with Crippen molar-refractivity contribution in [3.8, 4) is 23.0 Å². The second kappa shape index (κ2) is 18.5. The summed E-state index contributed by atoms with van der Waals surface area (Å²) in [5.74, 6) is -7.82. The zero-order valence-corrected chi connectivity index (χ0v) is 39.8. The molecule has 0 bridgehead atoms. The molecule has 7 rings (SSSR count). The Morgan fingerprint density at radius 1 is 0.972 bits per heavy atom. The van der Waals surface area contributed by atoms with Crippen LogP contribution in [-0.4, -0.2) is 94.5 Å². The van der Waals surface area contributed by atoms with Gasteiger partial charge in [0.25, 0.3) is 5.92 Å². The van der Waals surface area contributed by atoms with E-state index in [4.69, 9.17) is 21.4 Å². The first-order valence-electron chi connectivity index (χ1n) is 20.8. The lowest BCUT2D eigenvalue weighted by Crippen LogP contribution is -2.37. The van der Waals surface area contributed by atoms with Gasteiger partial charge in [-0.05, 0) is 74.4 Å². The molecule has 0 spiro atoms. The van der Waals surface area contributed by atoms with Crippen LogP contribution in [0, 0.1) is 29.4 Å². The van der Waals surface area contributed by atoms with Crippen LogP contribution in [0.15, 0.2) is 42.5 Å². The molecule has 386 valence electrons. The molecule has 2 amide bonds. The summed E-state index contributed by atoms with van der Waals surface area (Å²) >= 11 is 6.55. The van der Waals surface area contributed by atoms with Gasteiger partial charge < -0.3 is 15.2 Å². The van der Waals surface area contributed by atoms with E-state index in [-0.39, 0.29) is 36.9 Å². The molecule has 2 aliphatic rings. The zero-order valence-electron chi connectivity index (χ0n) is 37.4. The number of benzene rings is 2. The van der Waals surface area contributed by atoms with E-state index in [1.54, 1.807) is 0 Å². The average Bonchev–Trinajstić information content (AvgIpc) is 3.74. The lowest BCUT2D eigenvalue weighted by molar-refractivity contribution is -0.143. The molecule has 3 heterocycles. The Morgan fingerprint density at radius 2 is 1.61 bits per heavy atom. The third-order valence-electron chi connectivity index (χ3n) is 11.5. The van der Waals surface area contributed by atoms with Gasteiger partial charge >= 0.3 is 24.4 Å². The van der Waals surface area contributed by atoms with E-state index in [0.717, 1.165) is 42.7 Å². The minimum atomic E-state index is -5.24. The van der Waals surface area contributed by atoms with Crippen LogP contribution in [0.25, 0.3) is 22.0 Å². The largest absolute Gasteiger partial charge is 0.481 e. The lowest BCUT2D eigenvalue weighted by Gasteiger charge is -2.23. The summed E-state index contributed by atoms with van der Waals surface area (Å²) in [4.78, 5) is 43.1. The van der Waals surface area contributed by atoms with Crippen LogP contribution in [0.2, 0.25) is 5.02 Å². The lowest BCUT2D eigenvalue weighted by atomic mass is 9.93. The number of aliphatic carboxylic acids is 1. The Morgan fingerprint density at radius 3 is 2.19 bits per heavy atom. The van der Waals surface area contributed by atoms with E-state index < -0.39 is 173 Å². The number of nitrogens with one attached hydrogen (secondary N) is 1. The van der Waals surface area contributed by atoms with Crippen molar-refractivity contribution in [3.05, 3.63) is 93.0 Å². The number of sulfonamides is 1. The van der Waals surface area contributed by atoms with Gasteiger partial charge in [-0.1, -0.05) is 23.6 Å².